The van der Waals surface area contributed by atoms with Gasteiger partial charge in [-0.05, 0) is 18.9 Å². The molecule has 3 N–H and O–H groups in total. The maximum Gasteiger partial charge on any atom is 0.258 e. The highest BCUT2D eigenvalue weighted by Gasteiger charge is 2.24. The van der Waals surface area contributed by atoms with Crippen LogP contribution in [0.5, 0.6) is 11.5 Å². The standard InChI is InChI=1S/C14H19Cl2NO3/c1-3-4-5-6-7-17-14(20)9-12(18)10(15)8(2)11(16)13(9)19/h18-19H,3-7H2,1-2H3,(H,17,20). The summed E-state index contributed by atoms with van der Waals surface area (Å²) in [5.74, 6) is -1.48. The van der Waals surface area contributed by atoms with Gasteiger partial charge in [-0.25, -0.2) is 0 Å². The van der Waals surface area contributed by atoms with Crippen LogP contribution in [-0.2, 0) is 0 Å². The van der Waals surface area contributed by atoms with Crippen LogP contribution in [0, 0.1) is 6.92 Å². The van der Waals surface area contributed by atoms with Gasteiger partial charge >= 0.3 is 0 Å². The number of carbonyl (C=O) groups excluding carboxylic acids is 1. The number of phenolic OH excluding ortho intramolecular Hbond substituents is 2. The van der Waals surface area contributed by atoms with Crippen LogP contribution in [0.2, 0.25) is 10.0 Å². The lowest BCUT2D eigenvalue weighted by molar-refractivity contribution is 0.0947. The van der Waals surface area contributed by atoms with Gasteiger partial charge in [0.25, 0.3) is 5.91 Å². The number of carbonyl (C=O) groups is 1. The topological polar surface area (TPSA) is 69.6 Å². The molecule has 112 valence electrons. The average molecular weight is 320 g/mol. The second kappa shape index (κ2) is 7.60. The summed E-state index contributed by atoms with van der Waals surface area (Å²) in [4.78, 5) is 12.0. The molecule has 1 rings (SSSR count). The zero-order chi connectivity index (χ0) is 15.3. The lowest BCUT2D eigenvalue weighted by atomic mass is 10.1. The normalized spacial score (nSPS) is 10.6. The third-order valence-electron chi connectivity index (χ3n) is 3.09. The van der Waals surface area contributed by atoms with Crippen LogP contribution in [0.15, 0.2) is 0 Å². The van der Waals surface area contributed by atoms with Gasteiger partial charge in [-0.3, -0.25) is 4.79 Å². The fraction of sp³-hybridized carbons (Fsp3) is 0.500. The van der Waals surface area contributed by atoms with E-state index < -0.39 is 17.4 Å². The van der Waals surface area contributed by atoms with Crippen molar-refractivity contribution in [3.63, 3.8) is 0 Å². The fourth-order valence-corrected chi connectivity index (χ4v) is 2.27. The maximum absolute atomic E-state index is 12.0. The maximum atomic E-state index is 12.0. The van der Waals surface area contributed by atoms with Crippen LogP contribution < -0.4 is 5.32 Å². The summed E-state index contributed by atoms with van der Waals surface area (Å²) in [6.07, 6.45) is 4.08. The molecule has 0 aliphatic heterocycles. The van der Waals surface area contributed by atoms with E-state index in [-0.39, 0.29) is 15.6 Å². The molecule has 0 bridgehead atoms. The number of nitrogens with one attached hydrogen (secondary N) is 1. The molecule has 0 aliphatic rings. The number of hydrogen-bond acceptors (Lipinski definition) is 3. The number of hydrogen-bond donors (Lipinski definition) is 3. The Morgan fingerprint density at radius 2 is 1.65 bits per heavy atom. The molecule has 1 amide bonds. The van der Waals surface area contributed by atoms with Gasteiger partial charge < -0.3 is 15.5 Å². The summed E-state index contributed by atoms with van der Waals surface area (Å²) in [5.41, 5.74) is 0.0592. The van der Waals surface area contributed by atoms with Crippen molar-refractivity contribution < 1.29 is 15.0 Å². The Labute approximate surface area is 128 Å². The second-order valence-electron chi connectivity index (χ2n) is 4.64. The Bertz CT molecular complexity index is 475. The van der Waals surface area contributed by atoms with Crippen molar-refractivity contribution in [3.05, 3.63) is 21.2 Å². The highest BCUT2D eigenvalue weighted by atomic mass is 35.5. The molecule has 0 spiro atoms. The van der Waals surface area contributed by atoms with Gasteiger partial charge in [0.1, 0.15) is 5.56 Å². The zero-order valence-corrected chi connectivity index (χ0v) is 13.1. The molecule has 0 aliphatic carbocycles. The monoisotopic (exact) mass is 319 g/mol. The van der Waals surface area contributed by atoms with Crippen molar-refractivity contribution in [2.24, 2.45) is 0 Å². The second-order valence-corrected chi connectivity index (χ2v) is 5.40. The molecule has 4 nitrogen and oxygen atoms in total. The van der Waals surface area contributed by atoms with Crippen molar-refractivity contribution in [1.82, 2.24) is 5.32 Å². The largest absolute Gasteiger partial charge is 0.505 e. The highest BCUT2D eigenvalue weighted by Crippen LogP contribution is 2.42. The lowest BCUT2D eigenvalue weighted by Crippen LogP contribution is -2.24. The molecular formula is C14H19Cl2NO3. The molecule has 0 saturated heterocycles. The molecular weight excluding hydrogens is 301 g/mol. The smallest absolute Gasteiger partial charge is 0.258 e. The Balaban J connectivity index is 2.83. The Kier molecular flexibility index (Phi) is 6.43. The first-order valence-electron chi connectivity index (χ1n) is 6.59. The predicted molar refractivity (Wildman–Crippen MR) is 81.0 cm³/mol. The molecule has 6 heteroatoms. The van der Waals surface area contributed by atoms with E-state index in [0.29, 0.717) is 12.1 Å². The van der Waals surface area contributed by atoms with E-state index in [2.05, 4.69) is 12.2 Å². The van der Waals surface area contributed by atoms with Crippen LogP contribution in [0.1, 0.15) is 48.5 Å². The number of unbranched alkanes of at least 4 members (excludes halogenated alkanes) is 3. The van der Waals surface area contributed by atoms with Gasteiger partial charge in [-0.2, -0.15) is 0 Å². The van der Waals surface area contributed by atoms with Gasteiger partial charge in [-0.1, -0.05) is 49.4 Å². The van der Waals surface area contributed by atoms with Crippen molar-refractivity contribution in [3.8, 4) is 11.5 Å². The summed E-state index contributed by atoms with van der Waals surface area (Å²) >= 11 is 11.8. The minimum Gasteiger partial charge on any atom is -0.505 e. The van der Waals surface area contributed by atoms with E-state index in [1.165, 1.54) is 0 Å². The Morgan fingerprint density at radius 1 is 1.10 bits per heavy atom. The average Bonchev–Trinajstić information content (AvgIpc) is 2.43. The van der Waals surface area contributed by atoms with Gasteiger partial charge in [-0.15, -0.1) is 0 Å². The van der Waals surface area contributed by atoms with E-state index in [4.69, 9.17) is 23.2 Å². The van der Waals surface area contributed by atoms with Gasteiger partial charge in [0, 0.05) is 6.54 Å². The summed E-state index contributed by atoms with van der Waals surface area (Å²) in [5, 5.41) is 22.4. The van der Waals surface area contributed by atoms with Crippen molar-refractivity contribution >= 4 is 29.1 Å². The van der Waals surface area contributed by atoms with Crippen LogP contribution in [-0.4, -0.2) is 22.7 Å². The first kappa shape index (κ1) is 16.9. The van der Waals surface area contributed by atoms with E-state index >= 15 is 0 Å². The Hall–Kier alpha value is -1.13. The first-order valence-corrected chi connectivity index (χ1v) is 7.35. The van der Waals surface area contributed by atoms with Crippen molar-refractivity contribution in [1.29, 1.82) is 0 Å². The Morgan fingerprint density at radius 3 is 2.15 bits per heavy atom. The van der Waals surface area contributed by atoms with E-state index in [1.54, 1.807) is 6.92 Å². The molecule has 1 aromatic rings. The molecule has 0 saturated carbocycles. The molecule has 0 atom stereocenters. The van der Waals surface area contributed by atoms with Gasteiger partial charge in [0.2, 0.25) is 0 Å². The van der Waals surface area contributed by atoms with Crippen LogP contribution >= 0.6 is 23.2 Å². The summed E-state index contributed by atoms with van der Waals surface area (Å²) in [7, 11) is 0. The third-order valence-corrected chi connectivity index (χ3v) is 4.02. The molecule has 0 unspecified atom stereocenters. The van der Waals surface area contributed by atoms with E-state index in [1.807, 2.05) is 0 Å². The minimum absolute atomic E-state index is 0.0241. The molecule has 1 aromatic carbocycles. The summed E-state index contributed by atoms with van der Waals surface area (Å²) in [6, 6.07) is 0. The molecule has 0 aromatic heterocycles. The number of halogens is 2. The van der Waals surface area contributed by atoms with Crippen LogP contribution in [0.3, 0.4) is 0 Å². The van der Waals surface area contributed by atoms with E-state index in [0.717, 1.165) is 25.7 Å². The third kappa shape index (κ3) is 3.70. The molecule has 0 radical (unpaired) electrons. The molecule has 20 heavy (non-hydrogen) atoms. The SMILES string of the molecule is CCCCCCNC(=O)c1c(O)c(Cl)c(C)c(Cl)c1O. The highest BCUT2D eigenvalue weighted by molar-refractivity contribution is 6.38. The molecule has 0 heterocycles. The van der Waals surface area contributed by atoms with Gasteiger partial charge in [0.15, 0.2) is 11.5 Å². The molecule has 0 fully saturated rings. The predicted octanol–water partition coefficient (Wildman–Crippen LogP) is 4.02. The quantitative estimate of drug-likeness (QED) is 0.693. The minimum atomic E-state index is -0.583. The number of amides is 1. The first-order chi connectivity index (χ1) is 9.41. The number of rotatable bonds is 6. The van der Waals surface area contributed by atoms with Crippen molar-refractivity contribution in [2.45, 2.75) is 39.5 Å². The van der Waals surface area contributed by atoms with Crippen molar-refractivity contribution in [2.75, 3.05) is 6.54 Å². The summed E-state index contributed by atoms with van der Waals surface area (Å²) in [6.45, 7) is 4.13. The van der Waals surface area contributed by atoms with Crippen LogP contribution in [0.4, 0.5) is 0 Å². The number of phenols is 2. The fourth-order valence-electron chi connectivity index (χ4n) is 1.84. The van der Waals surface area contributed by atoms with E-state index in [9.17, 15) is 15.0 Å². The van der Waals surface area contributed by atoms with Crippen LogP contribution in [0.25, 0.3) is 0 Å². The zero-order valence-electron chi connectivity index (χ0n) is 11.6. The number of aromatic hydroxyl groups is 2. The lowest BCUT2D eigenvalue weighted by Gasteiger charge is -2.13. The summed E-state index contributed by atoms with van der Waals surface area (Å²) < 4.78 is 0. The number of benzene rings is 1. The van der Waals surface area contributed by atoms with Gasteiger partial charge in [0.05, 0.1) is 10.0 Å².